The number of carboxylic acids is 1. The van der Waals surface area contributed by atoms with Crippen LogP contribution >= 0.6 is 11.8 Å². The van der Waals surface area contributed by atoms with Crippen LogP contribution in [0.4, 0.5) is 4.79 Å². The molecule has 198 valence electrons. The molecule has 0 unspecified atom stereocenters. The molecule has 1 atom stereocenters. The van der Waals surface area contributed by atoms with Gasteiger partial charge in [0.25, 0.3) is 0 Å². The predicted molar refractivity (Wildman–Crippen MR) is 149 cm³/mol. The molecule has 0 heterocycles. The number of hydrogen-bond donors (Lipinski definition) is 2. The van der Waals surface area contributed by atoms with E-state index in [0.29, 0.717) is 12.2 Å². The fourth-order valence-corrected chi connectivity index (χ4v) is 5.27. The Morgan fingerprint density at radius 3 is 2.16 bits per heavy atom. The molecule has 1 aliphatic rings. The highest BCUT2D eigenvalue weighted by molar-refractivity contribution is 7.98. The Bertz CT molecular complexity index is 1220. The Morgan fingerprint density at radius 2 is 1.55 bits per heavy atom. The highest BCUT2D eigenvalue weighted by Gasteiger charge is 2.31. The van der Waals surface area contributed by atoms with E-state index in [1.807, 2.05) is 60.9 Å². The van der Waals surface area contributed by atoms with E-state index in [1.54, 1.807) is 11.8 Å². The summed E-state index contributed by atoms with van der Waals surface area (Å²) in [6.07, 6.45) is 1.49. The SMILES string of the molecule is CSCC[C@@H](NC(=O)OCC1c2ccccc2-c2ccccc21)C(=O)N(CCC(=O)O)Cc1ccccc1. The first kappa shape index (κ1) is 27.3. The molecule has 2 N–H and O–H groups in total. The number of rotatable bonds is 12. The number of ether oxygens (including phenoxy) is 1. The standard InChI is InChI=1S/C30H32N2O5S/c1-38-18-16-27(29(35)32(17-15-28(33)34)19-21-9-3-2-4-10-21)31-30(36)37-20-26-24-13-7-5-11-22(24)23-12-6-8-14-25(23)26/h2-14,26-27H,15-20H2,1H3,(H,31,36)(H,33,34)/t27-/m1/s1. The minimum Gasteiger partial charge on any atom is -0.481 e. The van der Waals surface area contributed by atoms with E-state index in [0.717, 1.165) is 27.8 Å². The van der Waals surface area contributed by atoms with E-state index in [2.05, 4.69) is 29.6 Å². The van der Waals surface area contributed by atoms with Crippen molar-refractivity contribution in [3.05, 3.63) is 95.6 Å². The summed E-state index contributed by atoms with van der Waals surface area (Å²) >= 11 is 1.57. The van der Waals surface area contributed by atoms with E-state index >= 15 is 0 Å². The van der Waals surface area contributed by atoms with Crippen LogP contribution in [-0.2, 0) is 20.9 Å². The van der Waals surface area contributed by atoms with Crippen LogP contribution in [0.1, 0.15) is 35.4 Å². The Morgan fingerprint density at radius 1 is 0.947 bits per heavy atom. The van der Waals surface area contributed by atoms with Crippen LogP contribution < -0.4 is 5.32 Å². The molecule has 3 aromatic carbocycles. The van der Waals surface area contributed by atoms with Gasteiger partial charge in [0.1, 0.15) is 12.6 Å². The van der Waals surface area contributed by atoms with Gasteiger partial charge in [-0.05, 0) is 46.2 Å². The molecule has 0 fully saturated rings. The largest absolute Gasteiger partial charge is 0.481 e. The van der Waals surface area contributed by atoms with Gasteiger partial charge in [-0.25, -0.2) is 4.79 Å². The zero-order valence-electron chi connectivity index (χ0n) is 21.3. The first-order valence-corrected chi connectivity index (χ1v) is 14.0. The number of carbonyl (C=O) groups is 3. The number of carbonyl (C=O) groups excluding carboxylic acids is 2. The number of amides is 2. The van der Waals surface area contributed by atoms with Gasteiger partial charge >= 0.3 is 12.1 Å². The lowest BCUT2D eigenvalue weighted by atomic mass is 9.98. The zero-order chi connectivity index (χ0) is 26.9. The average Bonchev–Trinajstić information content (AvgIpc) is 3.26. The molecule has 0 aliphatic heterocycles. The molecule has 0 spiro atoms. The second-order valence-electron chi connectivity index (χ2n) is 9.19. The molecule has 0 bridgehead atoms. The number of hydrogen-bond acceptors (Lipinski definition) is 5. The minimum absolute atomic E-state index is 0.0468. The van der Waals surface area contributed by atoms with Crippen LogP contribution in [0.15, 0.2) is 78.9 Å². The van der Waals surface area contributed by atoms with Gasteiger partial charge in [-0.3, -0.25) is 9.59 Å². The topological polar surface area (TPSA) is 95.9 Å². The van der Waals surface area contributed by atoms with Gasteiger partial charge in [-0.15, -0.1) is 0 Å². The molecule has 3 aromatic rings. The van der Waals surface area contributed by atoms with Crippen molar-refractivity contribution in [1.82, 2.24) is 10.2 Å². The molecule has 0 radical (unpaired) electrons. The number of alkyl carbamates (subject to hydrolysis) is 1. The van der Waals surface area contributed by atoms with Gasteiger partial charge < -0.3 is 20.1 Å². The summed E-state index contributed by atoms with van der Waals surface area (Å²) in [5, 5.41) is 12.0. The number of benzene rings is 3. The molecule has 4 rings (SSSR count). The maximum atomic E-state index is 13.5. The van der Waals surface area contributed by atoms with Crippen LogP contribution in [0.2, 0.25) is 0 Å². The molecule has 38 heavy (non-hydrogen) atoms. The quantitative estimate of drug-likeness (QED) is 0.335. The van der Waals surface area contributed by atoms with Crippen molar-refractivity contribution < 1.29 is 24.2 Å². The first-order valence-electron chi connectivity index (χ1n) is 12.6. The Balaban J connectivity index is 1.45. The maximum absolute atomic E-state index is 13.5. The highest BCUT2D eigenvalue weighted by atomic mass is 32.2. The summed E-state index contributed by atoms with van der Waals surface area (Å²) in [5.41, 5.74) is 5.38. The lowest BCUT2D eigenvalue weighted by molar-refractivity contribution is -0.139. The van der Waals surface area contributed by atoms with Crippen molar-refractivity contribution >= 4 is 29.7 Å². The van der Waals surface area contributed by atoms with Gasteiger partial charge in [0.05, 0.1) is 6.42 Å². The maximum Gasteiger partial charge on any atom is 0.407 e. The van der Waals surface area contributed by atoms with Crippen molar-refractivity contribution in [2.75, 3.05) is 25.2 Å². The van der Waals surface area contributed by atoms with E-state index in [1.165, 1.54) is 4.90 Å². The molecule has 8 heteroatoms. The van der Waals surface area contributed by atoms with E-state index in [9.17, 15) is 19.5 Å². The first-order chi connectivity index (χ1) is 18.5. The summed E-state index contributed by atoms with van der Waals surface area (Å²) in [6.45, 7) is 0.455. The molecule has 0 saturated heterocycles. The third-order valence-electron chi connectivity index (χ3n) is 6.67. The molecular weight excluding hydrogens is 500 g/mol. The smallest absolute Gasteiger partial charge is 0.407 e. The van der Waals surface area contributed by atoms with Crippen LogP contribution in [0.5, 0.6) is 0 Å². The number of aliphatic carboxylic acids is 1. The normalized spacial score (nSPS) is 12.8. The summed E-state index contributed by atoms with van der Waals surface area (Å²) in [5.74, 6) is -0.740. The molecular formula is C30H32N2O5S. The lowest BCUT2D eigenvalue weighted by Gasteiger charge is -2.28. The van der Waals surface area contributed by atoms with Gasteiger partial charge in [0.2, 0.25) is 5.91 Å². The Hall–Kier alpha value is -3.78. The lowest BCUT2D eigenvalue weighted by Crippen LogP contribution is -2.49. The third-order valence-corrected chi connectivity index (χ3v) is 7.31. The van der Waals surface area contributed by atoms with Gasteiger partial charge in [0.15, 0.2) is 0 Å². The van der Waals surface area contributed by atoms with Crippen molar-refractivity contribution in [2.45, 2.75) is 31.3 Å². The van der Waals surface area contributed by atoms with Crippen molar-refractivity contribution in [3.8, 4) is 11.1 Å². The third kappa shape index (κ3) is 6.75. The monoisotopic (exact) mass is 532 g/mol. The highest BCUT2D eigenvalue weighted by Crippen LogP contribution is 2.44. The molecule has 7 nitrogen and oxygen atoms in total. The molecule has 2 amide bonds. The zero-order valence-corrected chi connectivity index (χ0v) is 22.2. The predicted octanol–water partition coefficient (Wildman–Crippen LogP) is 5.15. The summed E-state index contributed by atoms with van der Waals surface area (Å²) in [4.78, 5) is 39.2. The fraction of sp³-hybridized carbons (Fsp3) is 0.300. The second kappa shape index (κ2) is 13.1. The van der Waals surface area contributed by atoms with Gasteiger partial charge in [0, 0.05) is 19.0 Å². The minimum atomic E-state index is -0.985. The van der Waals surface area contributed by atoms with E-state index < -0.39 is 18.1 Å². The molecule has 0 saturated carbocycles. The van der Waals surface area contributed by atoms with Crippen LogP contribution in [-0.4, -0.2) is 59.2 Å². The number of nitrogens with one attached hydrogen (secondary N) is 1. The molecule has 0 aromatic heterocycles. The van der Waals surface area contributed by atoms with Gasteiger partial charge in [-0.1, -0.05) is 78.9 Å². The van der Waals surface area contributed by atoms with Crippen LogP contribution in [0, 0.1) is 0 Å². The van der Waals surface area contributed by atoms with Crippen molar-refractivity contribution in [3.63, 3.8) is 0 Å². The number of fused-ring (bicyclic) bond motifs is 3. The van der Waals surface area contributed by atoms with Crippen molar-refractivity contribution in [2.24, 2.45) is 0 Å². The summed E-state index contributed by atoms with van der Waals surface area (Å²) < 4.78 is 5.67. The van der Waals surface area contributed by atoms with Crippen LogP contribution in [0.3, 0.4) is 0 Å². The molecule has 1 aliphatic carbocycles. The fourth-order valence-electron chi connectivity index (χ4n) is 4.80. The number of thioether (sulfide) groups is 1. The van der Waals surface area contributed by atoms with Crippen LogP contribution in [0.25, 0.3) is 11.1 Å². The number of nitrogens with zero attached hydrogens (tertiary/aromatic N) is 1. The van der Waals surface area contributed by atoms with Gasteiger partial charge in [-0.2, -0.15) is 11.8 Å². The summed E-state index contributed by atoms with van der Waals surface area (Å²) in [6, 6.07) is 24.8. The average molecular weight is 533 g/mol. The second-order valence-corrected chi connectivity index (χ2v) is 10.2. The van der Waals surface area contributed by atoms with E-state index in [4.69, 9.17) is 4.74 Å². The Labute approximate surface area is 227 Å². The number of carboxylic acid groups (broad SMARTS) is 1. The van der Waals surface area contributed by atoms with Crippen molar-refractivity contribution in [1.29, 1.82) is 0 Å². The summed E-state index contributed by atoms with van der Waals surface area (Å²) in [7, 11) is 0. The Kier molecular flexibility index (Phi) is 9.43. The van der Waals surface area contributed by atoms with E-state index in [-0.39, 0.29) is 37.9 Å².